The van der Waals surface area contributed by atoms with Gasteiger partial charge in [0.15, 0.2) is 0 Å². The molecule has 2 N–H and O–H groups in total. The standard InChI is InChI=1S/C13H18N2O2/c16-13(17)7-6-12-10-14-8-9-15(12)11-4-2-1-3-5-11/h1-5,12,14H,6-10H2,(H,16,17). The van der Waals surface area contributed by atoms with Crippen LogP contribution in [0.25, 0.3) is 0 Å². The maximum Gasteiger partial charge on any atom is 0.303 e. The first-order chi connectivity index (χ1) is 8.27. The maximum atomic E-state index is 10.6. The molecule has 2 rings (SSSR count). The molecular formula is C13H18N2O2. The number of benzene rings is 1. The number of hydrogen-bond donors (Lipinski definition) is 2. The van der Waals surface area contributed by atoms with Crippen LogP contribution in [-0.4, -0.2) is 36.8 Å². The van der Waals surface area contributed by atoms with Crippen molar-refractivity contribution in [1.82, 2.24) is 5.32 Å². The topological polar surface area (TPSA) is 52.6 Å². The second-order valence-corrected chi connectivity index (χ2v) is 4.32. The van der Waals surface area contributed by atoms with E-state index in [9.17, 15) is 4.79 Å². The molecule has 1 atom stereocenters. The second kappa shape index (κ2) is 5.68. The molecule has 0 bridgehead atoms. The first-order valence-electron chi connectivity index (χ1n) is 6.01. The molecule has 17 heavy (non-hydrogen) atoms. The Morgan fingerprint density at radius 3 is 2.88 bits per heavy atom. The van der Waals surface area contributed by atoms with Crippen LogP contribution >= 0.6 is 0 Å². The van der Waals surface area contributed by atoms with Crippen molar-refractivity contribution in [3.05, 3.63) is 30.3 Å². The predicted octanol–water partition coefficient (Wildman–Crippen LogP) is 1.33. The average molecular weight is 234 g/mol. The van der Waals surface area contributed by atoms with Gasteiger partial charge >= 0.3 is 5.97 Å². The molecule has 1 aliphatic rings. The van der Waals surface area contributed by atoms with Gasteiger partial charge in [-0.3, -0.25) is 4.79 Å². The zero-order valence-electron chi connectivity index (χ0n) is 9.80. The highest BCUT2D eigenvalue weighted by Gasteiger charge is 2.22. The minimum atomic E-state index is -0.719. The van der Waals surface area contributed by atoms with Crippen molar-refractivity contribution in [2.45, 2.75) is 18.9 Å². The van der Waals surface area contributed by atoms with Gasteiger partial charge in [0.1, 0.15) is 0 Å². The predicted molar refractivity (Wildman–Crippen MR) is 67.3 cm³/mol. The van der Waals surface area contributed by atoms with Crippen molar-refractivity contribution in [1.29, 1.82) is 0 Å². The van der Waals surface area contributed by atoms with Gasteiger partial charge in [0.25, 0.3) is 0 Å². The highest BCUT2D eigenvalue weighted by molar-refractivity contribution is 5.66. The first kappa shape index (κ1) is 11.9. The van der Waals surface area contributed by atoms with Gasteiger partial charge in [-0.05, 0) is 18.6 Å². The molecule has 92 valence electrons. The largest absolute Gasteiger partial charge is 0.481 e. The summed E-state index contributed by atoms with van der Waals surface area (Å²) >= 11 is 0. The minimum absolute atomic E-state index is 0.232. The molecule has 1 aromatic rings. The molecule has 4 nitrogen and oxygen atoms in total. The molecule has 1 saturated heterocycles. The molecule has 1 heterocycles. The molecule has 1 aliphatic heterocycles. The van der Waals surface area contributed by atoms with Crippen LogP contribution in [0.2, 0.25) is 0 Å². The first-order valence-corrected chi connectivity index (χ1v) is 6.01. The van der Waals surface area contributed by atoms with Crippen LogP contribution in [0, 0.1) is 0 Å². The van der Waals surface area contributed by atoms with Crippen LogP contribution in [0.4, 0.5) is 5.69 Å². The molecule has 0 radical (unpaired) electrons. The third-order valence-corrected chi connectivity index (χ3v) is 3.13. The quantitative estimate of drug-likeness (QED) is 0.825. The third kappa shape index (κ3) is 3.20. The van der Waals surface area contributed by atoms with E-state index in [-0.39, 0.29) is 12.5 Å². The van der Waals surface area contributed by atoms with E-state index < -0.39 is 5.97 Å². The van der Waals surface area contributed by atoms with Gasteiger partial charge < -0.3 is 15.3 Å². The van der Waals surface area contributed by atoms with E-state index in [0.717, 1.165) is 19.6 Å². The van der Waals surface area contributed by atoms with E-state index in [1.54, 1.807) is 0 Å². The molecule has 0 aromatic heterocycles. The van der Waals surface area contributed by atoms with Crippen molar-refractivity contribution < 1.29 is 9.90 Å². The molecule has 0 aliphatic carbocycles. The van der Waals surface area contributed by atoms with Gasteiger partial charge in [-0.2, -0.15) is 0 Å². The lowest BCUT2D eigenvalue weighted by molar-refractivity contribution is -0.137. The normalized spacial score (nSPS) is 20.2. The van der Waals surface area contributed by atoms with Gasteiger partial charge in [-0.25, -0.2) is 0 Å². The van der Waals surface area contributed by atoms with Gasteiger partial charge in [-0.15, -0.1) is 0 Å². The van der Waals surface area contributed by atoms with E-state index >= 15 is 0 Å². The van der Waals surface area contributed by atoms with E-state index in [4.69, 9.17) is 5.11 Å². The molecular weight excluding hydrogens is 216 g/mol. The number of aliphatic carboxylic acids is 1. The van der Waals surface area contributed by atoms with E-state index in [1.165, 1.54) is 5.69 Å². The number of rotatable bonds is 4. The lowest BCUT2D eigenvalue weighted by atomic mass is 10.1. The summed E-state index contributed by atoms with van der Waals surface area (Å²) in [6, 6.07) is 10.5. The number of carboxylic acid groups (broad SMARTS) is 1. The second-order valence-electron chi connectivity index (χ2n) is 4.32. The lowest BCUT2D eigenvalue weighted by Crippen LogP contribution is -2.51. The van der Waals surface area contributed by atoms with E-state index in [2.05, 4.69) is 22.3 Å². The summed E-state index contributed by atoms with van der Waals surface area (Å²) in [5.74, 6) is -0.719. The van der Waals surface area contributed by atoms with Crippen LogP contribution in [0.5, 0.6) is 0 Å². The summed E-state index contributed by atoms with van der Waals surface area (Å²) in [5.41, 5.74) is 1.18. The number of piperazine rings is 1. The Bertz CT molecular complexity index is 367. The van der Waals surface area contributed by atoms with Crippen molar-refractivity contribution >= 4 is 11.7 Å². The summed E-state index contributed by atoms with van der Waals surface area (Å²) in [5, 5.41) is 12.1. The molecule has 1 fully saturated rings. The SMILES string of the molecule is O=C(O)CCC1CNCCN1c1ccccc1. The van der Waals surface area contributed by atoms with Gasteiger partial charge in [0.2, 0.25) is 0 Å². The molecule has 4 heteroatoms. The van der Waals surface area contributed by atoms with Crippen molar-refractivity contribution in [3.63, 3.8) is 0 Å². The zero-order valence-corrected chi connectivity index (χ0v) is 9.80. The lowest BCUT2D eigenvalue weighted by Gasteiger charge is -2.38. The fraction of sp³-hybridized carbons (Fsp3) is 0.462. The molecule has 0 saturated carbocycles. The van der Waals surface area contributed by atoms with Crippen LogP contribution in [0.3, 0.4) is 0 Å². The van der Waals surface area contributed by atoms with Crippen molar-refractivity contribution in [2.75, 3.05) is 24.5 Å². The summed E-state index contributed by atoms with van der Waals surface area (Å²) in [6.07, 6.45) is 0.924. The Balaban J connectivity index is 2.04. The molecule has 0 spiro atoms. The number of anilines is 1. The maximum absolute atomic E-state index is 10.6. The smallest absolute Gasteiger partial charge is 0.303 e. The number of nitrogens with one attached hydrogen (secondary N) is 1. The summed E-state index contributed by atoms with van der Waals surface area (Å²) in [6.45, 7) is 2.76. The molecule has 1 aromatic carbocycles. The number of nitrogens with zero attached hydrogens (tertiary/aromatic N) is 1. The number of para-hydroxylation sites is 1. The van der Waals surface area contributed by atoms with Gasteiger partial charge in [0, 0.05) is 37.8 Å². The van der Waals surface area contributed by atoms with Crippen LogP contribution in [0.15, 0.2) is 30.3 Å². The molecule has 1 unspecified atom stereocenters. The Hall–Kier alpha value is -1.55. The Morgan fingerprint density at radius 2 is 2.18 bits per heavy atom. The molecule has 0 amide bonds. The zero-order chi connectivity index (χ0) is 12.1. The Kier molecular flexibility index (Phi) is 3.98. The fourth-order valence-corrected chi connectivity index (χ4v) is 2.27. The Morgan fingerprint density at radius 1 is 1.41 bits per heavy atom. The third-order valence-electron chi connectivity index (χ3n) is 3.13. The monoisotopic (exact) mass is 234 g/mol. The number of hydrogen-bond acceptors (Lipinski definition) is 3. The number of carboxylic acids is 1. The minimum Gasteiger partial charge on any atom is -0.481 e. The highest BCUT2D eigenvalue weighted by Crippen LogP contribution is 2.20. The highest BCUT2D eigenvalue weighted by atomic mass is 16.4. The van der Waals surface area contributed by atoms with E-state index in [0.29, 0.717) is 6.42 Å². The van der Waals surface area contributed by atoms with Gasteiger partial charge in [-0.1, -0.05) is 18.2 Å². The van der Waals surface area contributed by atoms with Crippen molar-refractivity contribution in [3.8, 4) is 0 Å². The fourth-order valence-electron chi connectivity index (χ4n) is 2.27. The van der Waals surface area contributed by atoms with Gasteiger partial charge in [0.05, 0.1) is 0 Å². The number of carbonyl (C=O) groups is 1. The average Bonchev–Trinajstić information content (AvgIpc) is 2.38. The van der Waals surface area contributed by atoms with Crippen LogP contribution in [-0.2, 0) is 4.79 Å². The van der Waals surface area contributed by atoms with Crippen LogP contribution in [0.1, 0.15) is 12.8 Å². The van der Waals surface area contributed by atoms with Crippen molar-refractivity contribution in [2.24, 2.45) is 0 Å². The summed E-state index contributed by atoms with van der Waals surface area (Å²) < 4.78 is 0. The van der Waals surface area contributed by atoms with Crippen LogP contribution < -0.4 is 10.2 Å². The Labute approximate surface area is 101 Å². The van der Waals surface area contributed by atoms with E-state index in [1.807, 2.05) is 18.2 Å². The summed E-state index contributed by atoms with van der Waals surface area (Å²) in [7, 11) is 0. The summed E-state index contributed by atoms with van der Waals surface area (Å²) in [4.78, 5) is 13.0.